The first kappa shape index (κ1) is 16.8. The zero-order valence-corrected chi connectivity index (χ0v) is 13.0. The molecule has 1 aliphatic heterocycles. The van der Waals surface area contributed by atoms with E-state index < -0.39 is 5.97 Å². The molecule has 5 nitrogen and oxygen atoms in total. The zero-order chi connectivity index (χ0) is 16.8. The van der Waals surface area contributed by atoms with Gasteiger partial charge in [0.15, 0.2) is 5.78 Å². The van der Waals surface area contributed by atoms with Crippen molar-refractivity contribution < 1.29 is 24.5 Å². The highest BCUT2D eigenvalue weighted by Gasteiger charge is 2.19. The molecule has 2 N–H and O–H groups in total. The average molecular weight is 316 g/mol. The predicted molar refractivity (Wildman–Crippen MR) is 86.3 cm³/mol. The van der Waals surface area contributed by atoms with Gasteiger partial charge in [-0.05, 0) is 30.5 Å². The van der Waals surface area contributed by atoms with Gasteiger partial charge >= 0.3 is 5.97 Å². The lowest BCUT2D eigenvalue weighted by atomic mass is 10.0. The van der Waals surface area contributed by atoms with E-state index in [1.54, 1.807) is 18.2 Å². The zero-order valence-electron chi connectivity index (χ0n) is 13.0. The van der Waals surface area contributed by atoms with Gasteiger partial charge in [0.05, 0.1) is 6.61 Å². The van der Waals surface area contributed by atoms with Crippen LogP contribution in [0.3, 0.4) is 0 Å². The molecule has 122 valence electrons. The van der Waals surface area contributed by atoms with E-state index in [-0.39, 0.29) is 35.4 Å². The topological polar surface area (TPSA) is 83.8 Å². The highest BCUT2D eigenvalue weighted by molar-refractivity contribution is 5.97. The number of hydrogen-bond donors (Lipinski definition) is 2. The van der Waals surface area contributed by atoms with Crippen molar-refractivity contribution in [3.05, 3.63) is 41.5 Å². The second-order valence-electron chi connectivity index (χ2n) is 5.62. The molecule has 0 aromatic heterocycles. The number of carbonyl (C=O) groups excluding carboxylic acids is 2. The van der Waals surface area contributed by atoms with Gasteiger partial charge in [-0.2, -0.15) is 0 Å². The van der Waals surface area contributed by atoms with Crippen LogP contribution in [0.1, 0.15) is 42.1 Å². The Hall–Kier alpha value is -2.56. The first-order valence-electron chi connectivity index (χ1n) is 7.58. The van der Waals surface area contributed by atoms with E-state index >= 15 is 0 Å². The maximum atomic E-state index is 12.2. The number of esters is 1. The van der Waals surface area contributed by atoms with Crippen molar-refractivity contribution in [3.8, 4) is 11.5 Å². The summed E-state index contributed by atoms with van der Waals surface area (Å²) in [6.45, 7) is 1.94. The molecular formula is C18H20O5. The first-order chi connectivity index (χ1) is 11.0. The molecule has 0 aliphatic carbocycles. The number of carbonyl (C=O) groups is 2. The lowest BCUT2D eigenvalue weighted by molar-refractivity contribution is -0.114. The summed E-state index contributed by atoms with van der Waals surface area (Å²) in [6, 6.07) is 2.51. The molecule has 0 spiro atoms. The Morgan fingerprint density at radius 2 is 1.96 bits per heavy atom. The van der Waals surface area contributed by atoms with E-state index in [2.05, 4.69) is 0 Å². The summed E-state index contributed by atoms with van der Waals surface area (Å²) >= 11 is 0. The Labute approximate surface area is 134 Å². The Morgan fingerprint density at radius 3 is 2.74 bits per heavy atom. The quantitative estimate of drug-likeness (QED) is 0.718. The summed E-state index contributed by atoms with van der Waals surface area (Å²) in [5.41, 5.74) is 0.419. The van der Waals surface area contributed by atoms with Crippen molar-refractivity contribution in [2.24, 2.45) is 5.92 Å². The Balaban J connectivity index is 2.34. The van der Waals surface area contributed by atoms with Gasteiger partial charge in [0.1, 0.15) is 17.1 Å². The molecule has 1 aliphatic rings. The molecule has 1 atom stereocenters. The maximum Gasteiger partial charge on any atom is 0.342 e. The lowest BCUT2D eigenvalue weighted by Gasteiger charge is -2.12. The first-order valence-corrected chi connectivity index (χ1v) is 7.58. The minimum Gasteiger partial charge on any atom is -0.508 e. The molecule has 5 heteroatoms. The van der Waals surface area contributed by atoms with E-state index in [4.69, 9.17) is 4.74 Å². The summed E-state index contributed by atoms with van der Waals surface area (Å²) in [5, 5.41) is 19.6. The third kappa shape index (κ3) is 4.71. The minimum absolute atomic E-state index is 0.0309. The van der Waals surface area contributed by atoms with Crippen LogP contribution in [-0.4, -0.2) is 28.6 Å². The standard InChI is InChI=1S/C18H20O5/c1-12-7-8-14(19)6-4-2-3-5-13-9-15(20)10-16(21)17(13)18(22)23-11-12/h3,5,7-10,12,20-21H,2,4,6,11H2,1H3/b5-3+,8-7-/t12-/m1/s1. The number of cyclic esters (lactones) is 1. The number of benzene rings is 1. The predicted octanol–water partition coefficient (Wildman–Crippen LogP) is 3.21. The number of phenolic OH excluding ortho intramolecular Hbond substituents is 2. The number of ketones is 1. The summed E-state index contributed by atoms with van der Waals surface area (Å²) in [5.74, 6) is -1.18. The highest BCUT2D eigenvalue weighted by atomic mass is 16.5. The van der Waals surface area contributed by atoms with Crippen LogP contribution in [0.15, 0.2) is 30.4 Å². The number of phenols is 2. The summed E-state index contributed by atoms with van der Waals surface area (Å²) < 4.78 is 5.20. The van der Waals surface area contributed by atoms with Crippen molar-refractivity contribution in [2.45, 2.75) is 26.2 Å². The molecule has 0 saturated carbocycles. The Bertz CT molecular complexity index is 658. The molecule has 0 radical (unpaired) electrons. The number of rotatable bonds is 0. The number of allylic oxidation sites excluding steroid dienone is 2. The number of hydrogen-bond acceptors (Lipinski definition) is 5. The summed E-state index contributed by atoms with van der Waals surface area (Å²) in [7, 11) is 0. The second kappa shape index (κ2) is 7.63. The Morgan fingerprint density at radius 1 is 1.17 bits per heavy atom. The fraction of sp³-hybridized carbons (Fsp3) is 0.333. The largest absolute Gasteiger partial charge is 0.508 e. The van der Waals surface area contributed by atoms with Gasteiger partial charge in [0, 0.05) is 18.4 Å². The fourth-order valence-corrected chi connectivity index (χ4v) is 2.28. The van der Waals surface area contributed by atoms with E-state index in [9.17, 15) is 19.8 Å². The van der Waals surface area contributed by atoms with Gasteiger partial charge in [-0.15, -0.1) is 0 Å². The molecule has 0 amide bonds. The molecule has 0 fully saturated rings. The van der Waals surface area contributed by atoms with Gasteiger partial charge < -0.3 is 14.9 Å². The lowest BCUT2D eigenvalue weighted by Crippen LogP contribution is -2.12. The van der Waals surface area contributed by atoms with Crippen LogP contribution in [0.25, 0.3) is 6.08 Å². The van der Waals surface area contributed by atoms with Gasteiger partial charge in [0.2, 0.25) is 0 Å². The van der Waals surface area contributed by atoms with Crippen LogP contribution in [0, 0.1) is 5.92 Å². The smallest absolute Gasteiger partial charge is 0.342 e. The third-order valence-corrected chi connectivity index (χ3v) is 3.52. The molecule has 1 heterocycles. The highest BCUT2D eigenvalue weighted by Crippen LogP contribution is 2.29. The third-order valence-electron chi connectivity index (χ3n) is 3.52. The van der Waals surface area contributed by atoms with Crippen LogP contribution in [0.5, 0.6) is 11.5 Å². The van der Waals surface area contributed by atoms with Gasteiger partial charge in [0.25, 0.3) is 0 Å². The maximum absolute atomic E-state index is 12.2. The molecule has 1 aromatic rings. The van der Waals surface area contributed by atoms with Crippen LogP contribution < -0.4 is 0 Å². The SMILES string of the molecule is C[C@@H]1/C=C\C(=O)CCC/C=C/c2cc(O)cc(O)c2C(=O)OC1. The Kier molecular flexibility index (Phi) is 5.57. The molecule has 0 saturated heterocycles. The minimum atomic E-state index is -0.661. The fourth-order valence-electron chi connectivity index (χ4n) is 2.28. The van der Waals surface area contributed by atoms with Gasteiger partial charge in [-0.1, -0.05) is 25.2 Å². The molecule has 23 heavy (non-hydrogen) atoms. The van der Waals surface area contributed by atoms with Crippen molar-refractivity contribution in [2.75, 3.05) is 6.61 Å². The van der Waals surface area contributed by atoms with E-state index in [0.717, 1.165) is 6.07 Å². The average Bonchev–Trinajstić information content (AvgIpc) is 2.49. The molecule has 1 aromatic carbocycles. The van der Waals surface area contributed by atoms with Crippen LogP contribution in [0.4, 0.5) is 0 Å². The van der Waals surface area contributed by atoms with Crippen LogP contribution in [-0.2, 0) is 9.53 Å². The van der Waals surface area contributed by atoms with E-state index in [1.807, 2.05) is 6.92 Å². The van der Waals surface area contributed by atoms with E-state index in [0.29, 0.717) is 24.8 Å². The van der Waals surface area contributed by atoms with Crippen molar-refractivity contribution in [1.82, 2.24) is 0 Å². The molecule has 0 bridgehead atoms. The monoisotopic (exact) mass is 316 g/mol. The molecule has 0 unspecified atom stereocenters. The summed E-state index contributed by atoms with van der Waals surface area (Å²) in [4.78, 5) is 23.9. The van der Waals surface area contributed by atoms with E-state index in [1.165, 1.54) is 12.1 Å². The van der Waals surface area contributed by atoms with Gasteiger partial charge in [-0.25, -0.2) is 4.79 Å². The number of fused-ring (bicyclic) bond motifs is 1. The van der Waals surface area contributed by atoms with Crippen LogP contribution >= 0.6 is 0 Å². The molecular weight excluding hydrogens is 296 g/mol. The van der Waals surface area contributed by atoms with Crippen molar-refractivity contribution in [1.29, 1.82) is 0 Å². The van der Waals surface area contributed by atoms with Crippen molar-refractivity contribution >= 4 is 17.8 Å². The van der Waals surface area contributed by atoms with Crippen LogP contribution in [0.2, 0.25) is 0 Å². The number of ether oxygens (including phenoxy) is 1. The van der Waals surface area contributed by atoms with Crippen molar-refractivity contribution in [3.63, 3.8) is 0 Å². The molecule has 2 rings (SSSR count). The second-order valence-corrected chi connectivity index (χ2v) is 5.62. The normalized spacial score (nSPS) is 22.6. The van der Waals surface area contributed by atoms with Gasteiger partial charge in [-0.3, -0.25) is 4.79 Å². The number of aromatic hydroxyl groups is 2. The summed E-state index contributed by atoms with van der Waals surface area (Å²) in [6.07, 6.45) is 8.48.